The van der Waals surface area contributed by atoms with Crippen molar-refractivity contribution in [2.24, 2.45) is 0 Å². The van der Waals surface area contributed by atoms with E-state index in [-0.39, 0.29) is 6.04 Å². The number of hydrogen-bond acceptors (Lipinski definition) is 7. The van der Waals surface area contributed by atoms with Crippen LogP contribution >= 0.6 is 11.6 Å². The highest BCUT2D eigenvalue weighted by atomic mass is 35.5. The van der Waals surface area contributed by atoms with Gasteiger partial charge in [0.15, 0.2) is 0 Å². The predicted molar refractivity (Wildman–Crippen MR) is 158 cm³/mol. The number of anilines is 2. The molecular formula is C30H32ClF2N7O. The van der Waals surface area contributed by atoms with Gasteiger partial charge in [-0.3, -0.25) is 4.90 Å². The maximum Gasteiger partial charge on any atom is 0.254 e. The smallest absolute Gasteiger partial charge is 0.254 e. The third-order valence-corrected chi connectivity index (χ3v) is 7.36. The summed E-state index contributed by atoms with van der Waals surface area (Å²) in [7, 11) is 1.64. The summed E-state index contributed by atoms with van der Waals surface area (Å²) in [4.78, 5) is 13.4. The van der Waals surface area contributed by atoms with Crippen LogP contribution in [-0.4, -0.2) is 64.0 Å². The van der Waals surface area contributed by atoms with Crippen LogP contribution in [0.25, 0.3) is 12.0 Å². The Hall–Kier alpha value is -4.02. The topological polar surface area (TPSA) is 71.3 Å². The first-order valence-electron chi connectivity index (χ1n) is 13.4. The predicted octanol–water partition coefficient (Wildman–Crippen LogP) is 5.75. The Bertz CT molecular complexity index is 1510. The minimum Gasteiger partial charge on any atom is -0.497 e. The molecule has 1 atom stereocenters. The van der Waals surface area contributed by atoms with Crippen LogP contribution in [-0.2, 0) is 6.54 Å². The van der Waals surface area contributed by atoms with Crippen molar-refractivity contribution in [2.75, 3.05) is 43.5 Å². The lowest BCUT2D eigenvalue weighted by molar-refractivity contribution is 0.210. The molecule has 2 aromatic heterocycles. The number of nitrogens with one attached hydrogen (secondary N) is 1. The van der Waals surface area contributed by atoms with Crippen LogP contribution in [0, 0.1) is 18.6 Å². The first-order chi connectivity index (χ1) is 19.8. The Kier molecular flexibility index (Phi) is 8.80. The minimum absolute atomic E-state index is 0.215. The molecule has 5 rings (SSSR count). The first kappa shape index (κ1) is 28.5. The number of halogens is 3. The van der Waals surface area contributed by atoms with Crippen molar-refractivity contribution in [2.45, 2.75) is 26.4 Å². The van der Waals surface area contributed by atoms with Crippen molar-refractivity contribution < 1.29 is 13.5 Å². The average molecular weight is 580 g/mol. The monoisotopic (exact) mass is 579 g/mol. The Labute approximate surface area is 243 Å². The zero-order valence-corrected chi connectivity index (χ0v) is 23.9. The number of benzene rings is 2. The van der Waals surface area contributed by atoms with Crippen LogP contribution in [0.2, 0.25) is 5.15 Å². The first-order valence-corrected chi connectivity index (χ1v) is 13.7. The zero-order chi connectivity index (χ0) is 28.9. The Morgan fingerprint density at radius 3 is 2.54 bits per heavy atom. The maximum atomic E-state index is 13.7. The van der Waals surface area contributed by atoms with Gasteiger partial charge >= 0.3 is 0 Å². The molecule has 214 valence electrons. The molecule has 1 aliphatic heterocycles. The van der Waals surface area contributed by atoms with E-state index in [1.54, 1.807) is 24.1 Å². The van der Waals surface area contributed by atoms with E-state index in [2.05, 4.69) is 38.3 Å². The number of ether oxygens (including phenoxy) is 1. The SMILES string of the molecule is COc1ccc(CNc2cc(Cl)nc(-n3ncc(C=CCN4CCN(c5cc(F)cc(F)c5)C[C@@H]4C)c3C)n2)cc1. The number of nitrogens with zero attached hydrogens (tertiary/aromatic N) is 6. The Morgan fingerprint density at radius 1 is 1.07 bits per heavy atom. The standard InChI is InChI=1S/C30H32ClF2N7O/c1-20-19-39(26-14-24(32)13-25(33)15-26)12-11-38(20)10-4-5-23-18-35-40(21(23)2)30-36-28(31)16-29(37-30)34-17-22-6-8-27(41-3)9-7-22/h4-9,13-16,18,20H,10-12,17,19H2,1-3H3,(H,34,36,37)/t20-/m0/s1. The molecule has 1 saturated heterocycles. The molecule has 41 heavy (non-hydrogen) atoms. The second-order valence-corrected chi connectivity index (χ2v) is 10.4. The van der Waals surface area contributed by atoms with Crippen LogP contribution in [0.1, 0.15) is 23.7 Å². The van der Waals surface area contributed by atoms with Crippen molar-refractivity contribution in [3.05, 3.63) is 94.4 Å². The molecule has 0 amide bonds. The van der Waals surface area contributed by atoms with Crippen LogP contribution in [0.15, 0.2) is 60.8 Å². The third kappa shape index (κ3) is 7.01. The summed E-state index contributed by atoms with van der Waals surface area (Å²) in [6.45, 7) is 7.55. The second-order valence-electron chi connectivity index (χ2n) is 9.99. The lowest BCUT2D eigenvalue weighted by Gasteiger charge is -2.40. The summed E-state index contributed by atoms with van der Waals surface area (Å²) in [5.41, 5.74) is 3.48. The summed E-state index contributed by atoms with van der Waals surface area (Å²) in [6, 6.07) is 13.4. The van der Waals surface area contributed by atoms with Gasteiger partial charge in [0, 0.05) is 62.1 Å². The van der Waals surface area contributed by atoms with Crippen molar-refractivity contribution in [3.63, 3.8) is 0 Å². The molecule has 0 aliphatic carbocycles. The van der Waals surface area contributed by atoms with E-state index in [4.69, 9.17) is 16.3 Å². The van der Waals surface area contributed by atoms with Gasteiger partial charge in [0.25, 0.3) is 5.95 Å². The van der Waals surface area contributed by atoms with Crippen LogP contribution in [0.4, 0.5) is 20.3 Å². The largest absolute Gasteiger partial charge is 0.497 e. The van der Waals surface area contributed by atoms with Crippen molar-refractivity contribution in [1.82, 2.24) is 24.6 Å². The fourth-order valence-electron chi connectivity index (χ4n) is 4.85. The number of hydrogen-bond donors (Lipinski definition) is 1. The van der Waals surface area contributed by atoms with Gasteiger partial charge in [-0.25, -0.2) is 13.5 Å². The molecule has 0 bridgehead atoms. The molecule has 1 fully saturated rings. The normalized spacial score (nSPS) is 16.0. The van der Waals surface area contributed by atoms with E-state index < -0.39 is 11.6 Å². The quantitative estimate of drug-likeness (QED) is 0.253. The molecule has 8 nitrogen and oxygen atoms in total. The summed E-state index contributed by atoms with van der Waals surface area (Å²) in [6.07, 6.45) is 5.91. The van der Waals surface area contributed by atoms with Gasteiger partial charge in [0.2, 0.25) is 0 Å². The zero-order valence-electron chi connectivity index (χ0n) is 23.2. The highest BCUT2D eigenvalue weighted by Gasteiger charge is 2.23. The second kappa shape index (κ2) is 12.7. The number of methoxy groups -OCH3 is 1. The van der Waals surface area contributed by atoms with E-state index in [1.165, 1.54) is 12.1 Å². The van der Waals surface area contributed by atoms with Gasteiger partial charge in [-0.1, -0.05) is 35.9 Å². The molecule has 1 aliphatic rings. The molecule has 3 heterocycles. The fraction of sp³-hybridized carbons (Fsp3) is 0.300. The van der Waals surface area contributed by atoms with Crippen LogP contribution in [0.3, 0.4) is 0 Å². The molecule has 0 radical (unpaired) electrons. The van der Waals surface area contributed by atoms with E-state index in [0.717, 1.165) is 41.7 Å². The molecule has 4 aromatic rings. The van der Waals surface area contributed by atoms with E-state index in [9.17, 15) is 8.78 Å². The van der Waals surface area contributed by atoms with Gasteiger partial charge < -0.3 is 15.0 Å². The van der Waals surface area contributed by atoms with Gasteiger partial charge in [-0.2, -0.15) is 15.1 Å². The maximum absolute atomic E-state index is 13.7. The van der Waals surface area contributed by atoms with Crippen molar-refractivity contribution >= 4 is 29.2 Å². The molecule has 1 N–H and O–H groups in total. The number of rotatable bonds is 9. The van der Waals surface area contributed by atoms with Gasteiger partial charge in [-0.15, -0.1) is 0 Å². The summed E-state index contributed by atoms with van der Waals surface area (Å²) in [5, 5.41) is 8.11. The molecule has 2 aromatic carbocycles. The summed E-state index contributed by atoms with van der Waals surface area (Å²) >= 11 is 6.32. The third-order valence-electron chi connectivity index (χ3n) is 7.17. The van der Waals surface area contributed by atoms with Crippen molar-refractivity contribution in [3.8, 4) is 11.7 Å². The van der Waals surface area contributed by atoms with Crippen LogP contribution in [0.5, 0.6) is 5.75 Å². The van der Waals surface area contributed by atoms with Crippen LogP contribution < -0.4 is 15.0 Å². The molecule has 0 spiro atoms. The van der Waals surface area contributed by atoms with Gasteiger partial charge in [-0.05, 0) is 43.7 Å². The van der Waals surface area contributed by atoms with E-state index >= 15 is 0 Å². The lowest BCUT2D eigenvalue weighted by Crippen LogP contribution is -2.51. The lowest BCUT2D eigenvalue weighted by atomic mass is 10.1. The van der Waals surface area contributed by atoms with Gasteiger partial charge in [0.1, 0.15) is 28.4 Å². The molecule has 0 unspecified atom stereocenters. The molecular weight excluding hydrogens is 548 g/mol. The summed E-state index contributed by atoms with van der Waals surface area (Å²) in [5.74, 6) is 0.662. The van der Waals surface area contributed by atoms with Gasteiger partial charge in [0.05, 0.1) is 19.0 Å². The Balaban J connectivity index is 1.20. The highest BCUT2D eigenvalue weighted by molar-refractivity contribution is 6.29. The number of piperazine rings is 1. The average Bonchev–Trinajstić information content (AvgIpc) is 3.32. The molecule has 0 saturated carbocycles. The minimum atomic E-state index is -0.557. The van der Waals surface area contributed by atoms with Crippen molar-refractivity contribution in [1.29, 1.82) is 0 Å². The van der Waals surface area contributed by atoms with E-state index in [1.807, 2.05) is 42.2 Å². The highest BCUT2D eigenvalue weighted by Crippen LogP contribution is 2.23. The Morgan fingerprint density at radius 2 is 1.83 bits per heavy atom. The fourth-order valence-corrected chi connectivity index (χ4v) is 5.03. The number of aromatic nitrogens is 4. The van der Waals surface area contributed by atoms with E-state index in [0.29, 0.717) is 42.2 Å². The summed E-state index contributed by atoms with van der Waals surface area (Å²) < 4.78 is 34.2. The molecule has 11 heteroatoms.